The maximum atomic E-state index is 11.9. The highest BCUT2D eigenvalue weighted by Gasteiger charge is 2.47. The lowest BCUT2D eigenvalue weighted by Crippen LogP contribution is -2.26. The molecule has 0 aromatic carbocycles. The fourth-order valence-corrected chi connectivity index (χ4v) is 1.96. The van der Waals surface area contributed by atoms with E-state index in [1.165, 1.54) is 12.8 Å². The van der Waals surface area contributed by atoms with Gasteiger partial charge in [0.1, 0.15) is 0 Å². The molecule has 1 heterocycles. The van der Waals surface area contributed by atoms with E-state index in [2.05, 4.69) is 0 Å². The van der Waals surface area contributed by atoms with Crippen LogP contribution in [0.25, 0.3) is 0 Å². The molecule has 0 aromatic rings. The Balaban J connectivity index is 1.80. The molecule has 0 N–H and O–H groups in total. The quantitative estimate of drug-likeness (QED) is 0.596. The molecular weight excluding hydrogens is 148 g/mol. The lowest BCUT2D eigenvalue weighted by molar-refractivity contribution is 0.0974. The summed E-state index contributed by atoms with van der Waals surface area (Å²) in [5.41, 5.74) is 0.495. The van der Waals surface area contributed by atoms with Gasteiger partial charge in [0.15, 0.2) is 0 Å². The molecule has 11 heavy (non-hydrogen) atoms. The Labute approximate surface area is 65.4 Å². The van der Waals surface area contributed by atoms with Crippen LogP contribution in [0.4, 0.5) is 8.78 Å². The van der Waals surface area contributed by atoms with Crippen molar-refractivity contribution >= 4 is 0 Å². The van der Waals surface area contributed by atoms with Crippen molar-refractivity contribution in [3.63, 3.8) is 0 Å². The summed E-state index contributed by atoms with van der Waals surface area (Å²) in [6.07, 6.45) is 1.54. The molecule has 1 aliphatic heterocycles. The van der Waals surface area contributed by atoms with Crippen molar-refractivity contribution in [1.29, 1.82) is 0 Å². The SMILES string of the molecule is FC(F)CN1CCC2(CC2)C1. The van der Waals surface area contributed by atoms with E-state index < -0.39 is 6.43 Å². The Morgan fingerprint density at radius 2 is 2.00 bits per heavy atom. The van der Waals surface area contributed by atoms with Gasteiger partial charge in [0.25, 0.3) is 6.43 Å². The van der Waals surface area contributed by atoms with Crippen LogP contribution in [0.3, 0.4) is 0 Å². The van der Waals surface area contributed by atoms with Gasteiger partial charge in [0.2, 0.25) is 0 Å². The first-order chi connectivity index (χ1) is 5.20. The molecule has 0 bridgehead atoms. The maximum Gasteiger partial charge on any atom is 0.251 e. The van der Waals surface area contributed by atoms with Crippen LogP contribution < -0.4 is 0 Å². The highest BCUT2D eigenvalue weighted by Crippen LogP contribution is 2.52. The highest BCUT2D eigenvalue weighted by molar-refractivity contribution is 5.00. The van der Waals surface area contributed by atoms with E-state index in [4.69, 9.17) is 0 Å². The van der Waals surface area contributed by atoms with Crippen molar-refractivity contribution in [2.45, 2.75) is 25.7 Å². The van der Waals surface area contributed by atoms with E-state index in [1.807, 2.05) is 4.90 Å². The molecule has 0 amide bonds. The van der Waals surface area contributed by atoms with E-state index in [0.29, 0.717) is 5.41 Å². The molecule has 2 aliphatic rings. The minimum atomic E-state index is -2.15. The molecule has 1 aliphatic carbocycles. The van der Waals surface area contributed by atoms with Crippen molar-refractivity contribution < 1.29 is 8.78 Å². The molecule has 0 unspecified atom stereocenters. The monoisotopic (exact) mass is 161 g/mol. The number of nitrogens with zero attached hydrogens (tertiary/aromatic N) is 1. The number of hydrogen-bond donors (Lipinski definition) is 0. The van der Waals surface area contributed by atoms with E-state index in [9.17, 15) is 8.78 Å². The molecule has 1 spiro atoms. The summed E-state index contributed by atoms with van der Waals surface area (Å²) in [6, 6.07) is 0. The zero-order valence-corrected chi connectivity index (χ0v) is 6.52. The normalized spacial score (nSPS) is 28.6. The molecule has 64 valence electrons. The first-order valence-corrected chi connectivity index (χ1v) is 4.21. The third-order valence-corrected chi connectivity index (χ3v) is 2.87. The average molecular weight is 161 g/mol. The van der Waals surface area contributed by atoms with Crippen molar-refractivity contribution in [3.8, 4) is 0 Å². The summed E-state index contributed by atoms with van der Waals surface area (Å²) in [5, 5.41) is 0. The Hall–Kier alpha value is -0.180. The average Bonchev–Trinajstić information content (AvgIpc) is 2.51. The van der Waals surface area contributed by atoms with Crippen LogP contribution in [-0.2, 0) is 0 Å². The molecule has 2 fully saturated rings. The van der Waals surface area contributed by atoms with Gasteiger partial charge in [-0.3, -0.25) is 4.90 Å². The molecule has 2 rings (SSSR count). The molecule has 1 nitrogen and oxygen atoms in total. The standard InChI is InChI=1S/C8H13F2N/c9-7(10)5-11-4-3-8(6-11)1-2-8/h7H,1-6H2. The molecule has 1 saturated carbocycles. The van der Waals surface area contributed by atoms with Crippen LogP contribution in [0.15, 0.2) is 0 Å². The second-order valence-electron chi connectivity index (χ2n) is 3.88. The van der Waals surface area contributed by atoms with Gasteiger partial charge < -0.3 is 0 Å². The molecule has 0 atom stereocenters. The van der Waals surface area contributed by atoms with Crippen molar-refractivity contribution in [2.24, 2.45) is 5.41 Å². The number of halogens is 2. The zero-order chi connectivity index (χ0) is 7.90. The van der Waals surface area contributed by atoms with E-state index >= 15 is 0 Å². The minimum absolute atomic E-state index is 0.0122. The minimum Gasteiger partial charge on any atom is -0.297 e. The van der Waals surface area contributed by atoms with Crippen LogP contribution in [0.2, 0.25) is 0 Å². The van der Waals surface area contributed by atoms with Gasteiger partial charge in [0, 0.05) is 6.54 Å². The third-order valence-electron chi connectivity index (χ3n) is 2.87. The number of hydrogen-bond acceptors (Lipinski definition) is 1. The van der Waals surface area contributed by atoms with E-state index in [-0.39, 0.29) is 6.54 Å². The first-order valence-electron chi connectivity index (χ1n) is 4.21. The summed E-state index contributed by atoms with van der Waals surface area (Å²) in [4.78, 5) is 1.90. The lowest BCUT2D eigenvalue weighted by atomic mass is 10.1. The maximum absolute atomic E-state index is 11.9. The Bertz CT molecular complexity index is 154. The second kappa shape index (κ2) is 2.41. The Kier molecular flexibility index (Phi) is 1.63. The fraction of sp³-hybridized carbons (Fsp3) is 1.00. The third kappa shape index (κ3) is 1.53. The van der Waals surface area contributed by atoms with Crippen LogP contribution >= 0.6 is 0 Å². The number of alkyl halides is 2. The van der Waals surface area contributed by atoms with Crippen LogP contribution in [0.5, 0.6) is 0 Å². The summed E-state index contributed by atoms with van der Waals surface area (Å²) in [6.45, 7) is 1.81. The molecule has 3 heteroatoms. The van der Waals surface area contributed by atoms with Crippen LogP contribution in [0.1, 0.15) is 19.3 Å². The van der Waals surface area contributed by atoms with Crippen LogP contribution in [-0.4, -0.2) is 31.0 Å². The predicted molar refractivity (Wildman–Crippen MR) is 38.7 cm³/mol. The van der Waals surface area contributed by atoms with Gasteiger partial charge in [-0.25, -0.2) is 8.78 Å². The van der Waals surface area contributed by atoms with E-state index in [1.54, 1.807) is 0 Å². The van der Waals surface area contributed by atoms with Crippen LogP contribution in [0, 0.1) is 5.41 Å². The van der Waals surface area contributed by atoms with E-state index in [0.717, 1.165) is 19.5 Å². The first kappa shape index (κ1) is 7.47. The van der Waals surface area contributed by atoms with Crippen molar-refractivity contribution in [1.82, 2.24) is 4.90 Å². The second-order valence-corrected chi connectivity index (χ2v) is 3.88. The van der Waals surface area contributed by atoms with Gasteiger partial charge in [-0.1, -0.05) is 0 Å². The highest BCUT2D eigenvalue weighted by atomic mass is 19.3. The summed E-state index contributed by atoms with van der Waals surface area (Å²) in [5.74, 6) is 0. The molecule has 0 radical (unpaired) electrons. The van der Waals surface area contributed by atoms with Gasteiger partial charge in [-0.15, -0.1) is 0 Å². The topological polar surface area (TPSA) is 3.24 Å². The molecule has 0 aromatic heterocycles. The van der Waals surface area contributed by atoms with Gasteiger partial charge in [-0.05, 0) is 31.2 Å². The number of likely N-dealkylation sites (tertiary alicyclic amines) is 1. The van der Waals surface area contributed by atoms with Gasteiger partial charge in [0.05, 0.1) is 6.54 Å². The largest absolute Gasteiger partial charge is 0.297 e. The Morgan fingerprint density at radius 1 is 1.27 bits per heavy atom. The number of rotatable bonds is 2. The smallest absolute Gasteiger partial charge is 0.251 e. The van der Waals surface area contributed by atoms with Gasteiger partial charge >= 0.3 is 0 Å². The fourth-order valence-electron chi connectivity index (χ4n) is 1.96. The van der Waals surface area contributed by atoms with Crippen molar-refractivity contribution in [3.05, 3.63) is 0 Å². The lowest BCUT2D eigenvalue weighted by Gasteiger charge is -2.14. The summed E-state index contributed by atoms with van der Waals surface area (Å²) < 4.78 is 23.8. The summed E-state index contributed by atoms with van der Waals surface area (Å²) in [7, 11) is 0. The van der Waals surface area contributed by atoms with Crippen molar-refractivity contribution in [2.75, 3.05) is 19.6 Å². The molecule has 1 saturated heterocycles. The Morgan fingerprint density at radius 3 is 2.45 bits per heavy atom. The van der Waals surface area contributed by atoms with Gasteiger partial charge in [-0.2, -0.15) is 0 Å². The summed E-state index contributed by atoms with van der Waals surface area (Å²) >= 11 is 0. The zero-order valence-electron chi connectivity index (χ0n) is 6.52. The predicted octanol–water partition coefficient (Wildman–Crippen LogP) is 1.74. The molecular formula is C8H13F2N.